The van der Waals surface area contributed by atoms with Crippen LogP contribution in [0.2, 0.25) is 5.15 Å². The van der Waals surface area contributed by atoms with Gasteiger partial charge >= 0.3 is 0 Å². The lowest BCUT2D eigenvalue weighted by Crippen LogP contribution is -1.91. The van der Waals surface area contributed by atoms with Crippen LogP contribution in [-0.4, -0.2) is 9.91 Å². The highest BCUT2D eigenvalue weighted by Gasteiger charge is 2.12. The van der Waals surface area contributed by atoms with Crippen molar-refractivity contribution in [2.24, 2.45) is 0 Å². The van der Waals surface area contributed by atoms with Crippen molar-refractivity contribution in [1.29, 1.82) is 0 Å². The fraction of sp³-hybridized carbons (Fsp3) is 0.0833. The Hall–Kier alpha value is -1.59. The van der Waals surface area contributed by atoms with Gasteiger partial charge in [0.15, 0.2) is 0 Å². The number of aromatic nitrogens is 1. The minimum atomic E-state index is -0.381. The first-order chi connectivity index (χ1) is 8.66. The van der Waals surface area contributed by atoms with E-state index in [0.717, 1.165) is 5.69 Å². The maximum absolute atomic E-state index is 10.8. The van der Waals surface area contributed by atoms with Crippen molar-refractivity contribution >= 4 is 29.1 Å². The van der Waals surface area contributed by atoms with Crippen molar-refractivity contribution in [1.82, 2.24) is 4.98 Å². The summed E-state index contributed by atoms with van der Waals surface area (Å²) in [6, 6.07) is 12.0. The van der Waals surface area contributed by atoms with Crippen LogP contribution < -0.4 is 0 Å². The number of nitro groups is 1. The second kappa shape index (κ2) is 5.84. The first kappa shape index (κ1) is 12.9. The van der Waals surface area contributed by atoms with Gasteiger partial charge in [-0.05, 0) is 18.2 Å². The largest absolute Gasteiger partial charge is 0.282 e. The van der Waals surface area contributed by atoms with Crippen LogP contribution in [0, 0.1) is 10.1 Å². The van der Waals surface area contributed by atoms with E-state index >= 15 is 0 Å². The van der Waals surface area contributed by atoms with Crippen LogP contribution in [0.1, 0.15) is 5.69 Å². The highest BCUT2D eigenvalue weighted by Crippen LogP contribution is 2.30. The van der Waals surface area contributed by atoms with Crippen molar-refractivity contribution in [3.05, 3.63) is 63.4 Å². The van der Waals surface area contributed by atoms with E-state index < -0.39 is 0 Å². The lowest BCUT2D eigenvalue weighted by Gasteiger charge is -2.02. The molecule has 92 valence electrons. The number of para-hydroxylation sites is 1. The summed E-state index contributed by atoms with van der Waals surface area (Å²) in [5.41, 5.74) is 0.912. The van der Waals surface area contributed by atoms with Gasteiger partial charge in [0.25, 0.3) is 5.69 Å². The normalized spacial score (nSPS) is 10.3. The van der Waals surface area contributed by atoms with E-state index in [1.807, 2.05) is 12.1 Å². The third kappa shape index (κ3) is 3.21. The Bertz CT molecular complexity index is 578. The molecule has 0 radical (unpaired) electrons. The number of benzene rings is 1. The van der Waals surface area contributed by atoms with Crippen molar-refractivity contribution in [2.75, 3.05) is 0 Å². The molecular formula is C12H9ClN2O2S. The Morgan fingerprint density at radius 1 is 1.22 bits per heavy atom. The van der Waals surface area contributed by atoms with Crippen LogP contribution in [0.25, 0.3) is 0 Å². The van der Waals surface area contributed by atoms with Crippen LogP contribution in [0.5, 0.6) is 0 Å². The van der Waals surface area contributed by atoms with Crippen LogP contribution in [0.4, 0.5) is 5.69 Å². The van der Waals surface area contributed by atoms with Crippen LogP contribution in [-0.2, 0) is 5.75 Å². The molecule has 1 aromatic heterocycles. The summed E-state index contributed by atoms with van der Waals surface area (Å²) in [7, 11) is 0. The van der Waals surface area contributed by atoms with Gasteiger partial charge in [0.05, 0.1) is 15.5 Å². The Morgan fingerprint density at radius 3 is 2.72 bits per heavy atom. The standard InChI is InChI=1S/C12H9ClN2O2S/c13-12-7-3-4-9(14-12)8-18-11-6-2-1-5-10(11)15(16)17/h1-7H,8H2. The number of hydrogen-bond acceptors (Lipinski definition) is 4. The average Bonchev–Trinajstić information content (AvgIpc) is 2.37. The minimum Gasteiger partial charge on any atom is -0.258 e. The second-order valence-corrected chi connectivity index (χ2v) is 4.87. The third-order valence-corrected chi connectivity index (χ3v) is 3.52. The predicted molar refractivity (Wildman–Crippen MR) is 71.9 cm³/mol. The summed E-state index contributed by atoms with van der Waals surface area (Å²) >= 11 is 7.15. The van der Waals surface area contributed by atoms with Gasteiger partial charge in [-0.25, -0.2) is 4.98 Å². The Balaban J connectivity index is 2.13. The van der Waals surface area contributed by atoms with Gasteiger partial charge in [0.2, 0.25) is 0 Å². The first-order valence-electron chi connectivity index (χ1n) is 5.14. The molecule has 0 aliphatic carbocycles. The molecule has 0 aliphatic rings. The number of rotatable bonds is 4. The topological polar surface area (TPSA) is 56.0 Å². The maximum Gasteiger partial charge on any atom is 0.282 e. The van der Waals surface area contributed by atoms with Crippen molar-refractivity contribution in [3.8, 4) is 0 Å². The average molecular weight is 281 g/mol. The van der Waals surface area contributed by atoms with Crippen molar-refractivity contribution < 1.29 is 4.92 Å². The molecule has 0 fully saturated rings. The van der Waals surface area contributed by atoms with Gasteiger partial charge < -0.3 is 0 Å². The summed E-state index contributed by atoms with van der Waals surface area (Å²) in [6.07, 6.45) is 0. The third-order valence-electron chi connectivity index (χ3n) is 2.21. The molecule has 0 aliphatic heterocycles. The van der Waals surface area contributed by atoms with E-state index in [-0.39, 0.29) is 10.6 Å². The van der Waals surface area contributed by atoms with Gasteiger partial charge in [-0.3, -0.25) is 10.1 Å². The van der Waals surface area contributed by atoms with Crippen LogP contribution >= 0.6 is 23.4 Å². The Kier molecular flexibility index (Phi) is 4.17. The minimum absolute atomic E-state index is 0.115. The number of thioether (sulfide) groups is 1. The zero-order chi connectivity index (χ0) is 13.0. The highest BCUT2D eigenvalue weighted by molar-refractivity contribution is 7.98. The molecule has 18 heavy (non-hydrogen) atoms. The molecule has 0 amide bonds. The Morgan fingerprint density at radius 2 is 2.00 bits per heavy atom. The zero-order valence-electron chi connectivity index (χ0n) is 9.25. The number of nitrogens with zero attached hydrogens (tertiary/aromatic N) is 2. The van der Waals surface area contributed by atoms with E-state index in [2.05, 4.69) is 4.98 Å². The van der Waals surface area contributed by atoms with Gasteiger partial charge in [-0.2, -0.15) is 0 Å². The van der Waals surface area contributed by atoms with E-state index in [0.29, 0.717) is 15.8 Å². The predicted octanol–water partition coefficient (Wildman–Crippen LogP) is 3.94. The fourth-order valence-corrected chi connectivity index (χ4v) is 2.52. The molecule has 0 atom stereocenters. The molecule has 2 rings (SSSR count). The smallest absolute Gasteiger partial charge is 0.258 e. The number of hydrogen-bond donors (Lipinski definition) is 0. The summed E-state index contributed by atoms with van der Waals surface area (Å²) in [6.45, 7) is 0. The zero-order valence-corrected chi connectivity index (χ0v) is 10.8. The van der Waals surface area contributed by atoms with Crippen LogP contribution in [0.3, 0.4) is 0 Å². The highest BCUT2D eigenvalue weighted by atomic mass is 35.5. The molecule has 1 heterocycles. The molecule has 4 nitrogen and oxygen atoms in total. The number of pyridine rings is 1. The molecule has 6 heteroatoms. The molecule has 1 aromatic carbocycles. The quantitative estimate of drug-likeness (QED) is 0.368. The molecule has 0 saturated carbocycles. The molecule has 0 spiro atoms. The molecule has 0 saturated heterocycles. The number of nitro benzene ring substituents is 1. The SMILES string of the molecule is O=[N+]([O-])c1ccccc1SCc1cccc(Cl)n1. The lowest BCUT2D eigenvalue weighted by atomic mass is 10.3. The number of halogens is 1. The Labute approximate surface area is 113 Å². The fourth-order valence-electron chi connectivity index (χ4n) is 1.41. The summed E-state index contributed by atoms with van der Waals surface area (Å²) < 4.78 is 0. The van der Waals surface area contributed by atoms with E-state index in [1.54, 1.807) is 24.3 Å². The molecule has 0 unspecified atom stereocenters. The molecule has 0 N–H and O–H groups in total. The van der Waals surface area contributed by atoms with Crippen molar-refractivity contribution in [2.45, 2.75) is 10.6 Å². The van der Waals surface area contributed by atoms with Gasteiger partial charge in [-0.1, -0.05) is 29.8 Å². The van der Waals surface area contributed by atoms with Gasteiger partial charge in [0, 0.05) is 11.8 Å². The van der Waals surface area contributed by atoms with Crippen LogP contribution in [0.15, 0.2) is 47.4 Å². The van der Waals surface area contributed by atoms with E-state index in [4.69, 9.17) is 11.6 Å². The van der Waals surface area contributed by atoms with Gasteiger partial charge in [0.1, 0.15) is 5.15 Å². The van der Waals surface area contributed by atoms with E-state index in [1.165, 1.54) is 17.8 Å². The molecule has 0 bridgehead atoms. The summed E-state index contributed by atoms with van der Waals surface area (Å²) in [5, 5.41) is 11.3. The monoisotopic (exact) mass is 280 g/mol. The lowest BCUT2D eigenvalue weighted by molar-refractivity contribution is -0.387. The summed E-state index contributed by atoms with van der Waals surface area (Å²) in [5.74, 6) is 0.547. The first-order valence-corrected chi connectivity index (χ1v) is 6.51. The molecule has 2 aromatic rings. The van der Waals surface area contributed by atoms with E-state index in [9.17, 15) is 10.1 Å². The maximum atomic E-state index is 10.8. The van der Waals surface area contributed by atoms with Gasteiger partial charge in [-0.15, -0.1) is 11.8 Å². The second-order valence-electron chi connectivity index (χ2n) is 3.47. The summed E-state index contributed by atoms with van der Waals surface area (Å²) in [4.78, 5) is 15.2. The van der Waals surface area contributed by atoms with Crippen molar-refractivity contribution in [3.63, 3.8) is 0 Å². The molecular weight excluding hydrogens is 272 g/mol.